The zero-order chi connectivity index (χ0) is 20.8. The van der Waals surface area contributed by atoms with Gasteiger partial charge >= 0.3 is 5.97 Å². The van der Waals surface area contributed by atoms with Gasteiger partial charge in [-0.25, -0.2) is 9.78 Å². The third kappa shape index (κ3) is 5.44. The molecule has 1 fully saturated rings. The molecule has 1 saturated heterocycles. The summed E-state index contributed by atoms with van der Waals surface area (Å²) in [5, 5.41) is 0.434. The Morgan fingerprint density at radius 3 is 2.59 bits per heavy atom. The summed E-state index contributed by atoms with van der Waals surface area (Å²) in [4.78, 5) is 43.1. The average Bonchev–Trinajstić information content (AvgIpc) is 3.27. The smallest absolute Gasteiger partial charge is 0.341 e. The highest BCUT2D eigenvalue weighted by atomic mass is 32.2. The molecule has 1 aromatic carbocycles. The minimum Gasteiger partial charge on any atom is -0.454 e. The Balaban J connectivity index is 1.59. The number of pyridine rings is 1. The lowest BCUT2D eigenvalue weighted by Crippen LogP contribution is -2.29. The molecule has 0 spiro atoms. The molecule has 1 amide bonds. The molecule has 7 heteroatoms. The number of carbonyl (C=O) groups is 3. The fourth-order valence-corrected chi connectivity index (χ4v) is 3.94. The number of ether oxygens (including phenoxy) is 1. The van der Waals surface area contributed by atoms with Crippen molar-refractivity contribution in [1.82, 2.24) is 9.88 Å². The number of amides is 1. The minimum atomic E-state index is -0.619. The molecule has 0 aliphatic carbocycles. The van der Waals surface area contributed by atoms with E-state index < -0.39 is 5.97 Å². The minimum absolute atomic E-state index is 0.0439. The Morgan fingerprint density at radius 2 is 1.86 bits per heavy atom. The molecule has 0 radical (unpaired) electrons. The van der Waals surface area contributed by atoms with Crippen LogP contribution < -0.4 is 0 Å². The Kier molecular flexibility index (Phi) is 7.04. The number of aryl methyl sites for hydroxylation is 2. The second-order valence-electron chi connectivity index (χ2n) is 7.03. The Bertz CT molecular complexity index is 923. The molecular formula is C22H24N2O4S. The van der Waals surface area contributed by atoms with Crippen LogP contribution in [0.25, 0.3) is 0 Å². The molecule has 152 valence electrons. The van der Waals surface area contributed by atoms with E-state index in [4.69, 9.17) is 4.74 Å². The van der Waals surface area contributed by atoms with E-state index in [1.165, 1.54) is 11.8 Å². The molecule has 6 nitrogen and oxygen atoms in total. The maximum atomic E-state index is 12.5. The summed E-state index contributed by atoms with van der Waals surface area (Å²) in [6.45, 7) is 5.14. The van der Waals surface area contributed by atoms with E-state index in [1.807, 2.05) is 24.8 Å². The number of likely N-dealkylation sites (tertiary alicyclic amines) is 1. The van der Waals surface area contributed by atoms with Crippen molar-refractivity contribution in [3.8, 4) is 0 Å². The van der Waals surface area contributed by atoms with Gasteiger partial charge in [-0.2, -0.15) is 0 Å². The predicted molar refractivity (Wildman–Crippen MR) is 111 cm³/mol. The molecule has 29 heavy (non-hydrogen) atoms. The van der Waals surface area contributed by atoms with E-state index >= 15 is 0 Å². The van der Waals surface area contributed by atoms with Gasteiger partial charge in [0.2, 0.25) is 5.91 Å². The van der Waals surface area contributed by atoms with E-state index in [1.54, 1.807) is 30.5 Å². The van der Waals surface area contributed by atoms with Crippen molar-refractivity contribution in [1.29, 1.82) is 0 Å². The van der Waals surface area contributed by atoms with Gasteiger partial charge in [-0.05, 0) is 56.0 Å². The average molecular weight is 413 g/mol. The first kappa shape index (κ1) is 21.0. The van der Waals surface area contributed by atoms with Crippen LogP contribution in [0.5, 0.6) is 0 Å². The number of benzene rings is 1. The summed E-state index contributed by atoms with van der Waals surface area (Å²) >= 11 is 1.22. The quantitative estimate of drug-likeness (QED) is 0.394. The third-order valence-corrected chi connectivity index (χ3v) is 5.94. The van der Waals surface area contributed by atoms with E-state index in [9.17, 15) is 14.4 Å². The summed E-state index contributed by atoms with van der Waals surface area (Å²) in [5.41, 5.74) is 2.88. The number of thioether (sulfide) groups is 1. The number of aromatic nitrogens is 1. The second-order valence-corrected chi connectivity index (χ2v) is 8.00. The van der Waals surface area contributed by atoms with Gasteiger partial charge in [-0.15, -0.1) is 0 Å². The highest BCUT2D eigenvalue weighted by molar-refractivity contribution is 8.00. The lowest BCUT2D eigenvalue weighted by molar-refractivity contribution is -0.127. The topological polar surface area (TPSA) is 76.6 Å². The maximum Gasteiger partial charge on any atom is 0.341 e. The van der Waals surface area contributed by atoms with Crippen LogP contribution in [-0.2, 0) is 9.53 Å². The number of rotatable bonds is 7. The van der Waals surface area contributed by atoms with Crippen molar-refractivity contribution in [2.45, 2.75) is 31.7 Å². The summed E-state index contributed by atoms with van der Waals surface area (Å²) < 4.78 is 5.22. The SMILES string of the molecule is Cc1ccc(C(=O)COC(=O)c2cccnc2SCC(=O)N2CCCC2)cc1C. The molecule has 1 aliphatic rings. The number of carbonyl (C=O) groups excluding carboxylic acids is 3. The largest absolute Gasteiger partial charge is 0.454 e. The van der Waals surface area contributed by atoms with Crippen molar-refractivity contribution in [3.63, 3.8) is 0 Å². The standard InChI is InChI=1S/C22H24N2O4S/c1-15-7-8-17(12-16(15)2)19(25)13-28-22(27)18-6-5-9-23-21(18)29-14-20(26)24-10-3-4-11-24/h5-9,12H,3-4,10-11,13-14H2,1-2H3. The first-order valence-electron chi connectivity index (χ1n) is 9.59. The van der Waals surface area contributed by atoms with E-state index in [-0.39, 0.29) is 29.6 Å². The number of Topliss-reactive ketones (excluding diaryl/α,β-unsaturated/α-hetero) is 1. The van der Waals surface area contributed by atoms with Crippen LogP contribution in [0.2, 0.25) is 0 Å². The zero-order valence-corrected chi connectivity index (χ0v) is 17.5. The van der Waals surface area contributed by atoms with Crippen LogP contribution in [0.3, 0.4) is 0 Å². The molecule has 1 aromatic heterocycles. The summed E-state index contributed by atoms with van der Waals surface area (Å²) in [6, 6.07) is 8.62. The van der Waals surface area contributed by atoms with Crippen LogP contribution in [-0.4, -0.2) is 53.0 Å². The number of esters is 1. The number of nitrogens with zero attached hydrogens (tertiary/aromatic N) is 2. The molecular weight excluding hydrogens is 388 g/mol. The zero-order valence-electron chi connectivity index (χ0n) is 16.6. The van der Waals surface area contributed by atoms with Crippen LogP contribution in [0, 0.1) is 13.8 Å². The normalized spacial score (nSPS) is 13.4. The van der Waals surface area contributed by atoms with Crippen LogP contribution in [0.15, 0.2) is 41.6 Å². The van der Waals surface area contributed by atoms with E-state index in [0.717, 1.165) is 37.1 Å². The molecule has 0 saturated carbocycles. The molecule has 1 aliphatic heterocycles. The first-order valence-corrected chi connectivity index (χ1v) is 10.6. The molecule has 2 heterocycles. The van der Waals surface area contributed by atoms with Gasteiger partial charge < -0.3 is 9.64 Å². The van der Waals surface area contributed by atoms with Gasteiger partial charge in [0.1, 0.15) is 5.03 Å². The fourth-order valence-electron chi connectivity index (χ4n) is 3.06. The number of ketones is 1. The highest BCUT2D eigenvalue weighted by Gasteiger charge is 2.21. The van der Waals surface area contributed by atoms with Gasteiger partial charge in [0, 0.05) is 24.8 Å². The molecule has 2 aromatic rings. The summed E-state index contributed by atoms with van der Waals surface area (Å²) in [6.07, 6.45) is 3.64. The molecule has 0 atom stereocenters. The van der Waals surface area contributed by atoms with Gasteiger partial charge in [0.25, 0.3) is 0 Å². The van der Waals surface area contributed by atoms with Gasteiger partial charge in [-0.1, -0.05) is 23.9 Å². The molecule has 0 unspecified atom stereocenters. The lowest BCUT2D eigenvalue weighted by Gasteiger charge is -2.15. The van der Waals surface area contributed by atoms with Gasteiger partial charge in [-0.3, -0.25) is 9.59 Å². The lowest BCUT2D eigenvalue weighted by atomic mass is 10.0. The van der Waals surface area contributed by atoms with Crippen LogP contribution in [0.1, 0.15) is 44.7 Å². The van der Waals surface area contributed by atoms with Crippen LogP contribution in [0.4, 0.5) is 0 Å². The Morgan fingerprint density at radius 1 is 1.10 bits per heavy atom. The summed E-state index contributed by atoms with van der Waals surface area (Å²) in [7, 11) is 0. The Hall–Kier alpha value is -2.67. The van der Waals surface area contributed by atoms with Crippen molar-refractivity contribution in [2.24, 2.45) is 0 Å². The predicted octanol–water partition coefficient (Wildman–Crippen LogP) is 3.45. The Labute approximate surface area is 174 Å². The van der Waals surface area contributed by atoms with E-state index in [0.29, 0.717) is 10.6 Å². The first-order chi connectivity index (χ1) is 14.0. The third-order valence-electron chi connectivity index (χ3n) is 4.95. The highest BCUT2D eigenvalue weighted by Crippen LogP contribution is 2.22. The number of hydrogen-bond acceptors (Lipinski definition) is 6. The second kappa shape index (κ2) is 9.69. The van der Waals surface area contributed by atoms with E-state index in [2.05, 4.69) is 4.98 Å². The van der Waals surface area contributed by atoms with Crippen molar-refractivity contribution >= 4 is 29.4 Å². The monoisotopic (exact) mass is 412 g/mol. The van der Waals surface area contributed by atoms with Gasteiger partial charge in [0.05, 0.1) is 11.3 Å². The number of hydrogen-bond donors (Lipinski definition) is 0. The van der Waals surface area contributed by atoms with Crippen molar-refractivity contribution < 1.29 is 19.1 Å². The molecule has 0 N–H and O–H groups in total. The molecule has 3 rings (SSSR count). The molecule has 0 bridgehead atoms. The van der Waals surface area contributed by atoms with Crippen molar-refractivity contribution in [3.05, 3.63) is 58.8 Å². The van der Waals surface area contributed by atoms with Crippen molar-refractivity contribution in [2.75, 3.05) is 25.4 Å². The van der Waals surface area contributed by atoms with Gasteiger partial charge in [0.15, 0.2) is 12.4 Å². The fraction of sp³-hybridized carbons (Fsp3) is 0.364. The summed E-state index contributed by atoms with van der Waals surface area (Å²) in [5.74, 6) is -0.615. The van der Waals surface area contributed by atoms with Crippen LogP contribution >= 0.6 is 11.8 Å². The maximum absolute atomic E-state index is 12.5.